The summed E-state index contributed by atoms with van der Waals surface area (Å²) in [5.41, 5.74) is 4.10. The normalized spacial score (nSPS) is 16.1. The van der Waals surface area contributed by atoms with E-state index < -0.39 is 0 Å². The van der Waals surface area contributed by atoms with Crippen LogP contribution in [0.4, 0.5) is 4.39 Å². The SMILES string of the molecule is CCc1ccc(C2CCN(Cc3ccc(F)cc3)CC2)cc1.Cl. The molecular weight excluding hydrogens is 309 g/mol. The lowest BCUT2D eigenvalue weighted by Gasteiger charge is -2.32. The Balaban J connectivity index is 0.00000192. The van der Waals surface area contributed by atoms with Crippen molar-refractivity contribution in [1.29, 1.82) is 0 Å². The first kappa shape index (κ1) is 18.0. The Hall–Kier alpha value is -1.38. The predicted molar refractivity (Wildman–Crippen MR) is 96.7 cm³/mol. The van der Waals surface area contributed by atoms with Crippen molar-refractivity contribution in [3.8, 4) is 0 Å². The summed E-state index contributed by atoms with van der Waals surface area (Å²) in [6.45, 7) is 5.37. The number of aryl methyl sites for hydroxylation is 1. The molecule has 0 aliphatic carbocycles. The second kappa shape index (κ2) is 8.47. The third-order valence-corrected chi connectivity index (χ3v) is 4.77. The molecule has 1 aliphatic rings. The zero-order chi connectivity index (χ0) is 15.4. The molecule has 2 aromatic rings. The lowest BCUT2D eigenvalue weighted by Crippen LogP contribution is -2.32. The topological polar surface area (TPSA) is 3.24 Å². The summed E-state index contributed by atoms with van der Waals surface area (Å²) in [5.74, 6) is 0.536. The van der Waals surface area contributed by atoms with E-state index in [1.54, 1.807) is 12.1 Å². The van der Waals surface area contributed by atoms with Gasteiger partial charge in [-0.05, 0) is 67.1 Å². The van der Waals surface area contributed by atoms with Crippen molar-refractivity contribution in [2.45, 2.75) is 38.6 Å². The van der Waals surface area contributed by atoms with Crippen LogP contribution in [0.5, 0.6) is 0 Å². The highest BCUT2D eigenvalue weighted by Gasteiger charge is 2.20. The zero-order valence-corrected chi connectivity index (χ0v) is 14.5. The van der Waals surface area contributed by atoms with E-state index >= 15 is 0 Å². The molecule has 0 radical (unpaired) electrons. The summed E-state index contributed by atoms with van der Waals surface area (Å²) in [7, 11) is 0. The summed E-state index contributed by atoms with van der Waals surface area (Å²) >= 11 is 0. The molecule has 1 saturated heterocycles. The molecule has 0 amide bonds. The molecule has 1 aliphatic heterocycles. The molecule has 0 saturated carbocycles. The Bertz CT molecular complexity index is 586. The predicted octanol–water partition coefficient (Wildman–Crippen LogP) is 5.19. The van der Waals surface area contributed by atoms with Gasteiger partial charge in [0.25, 0.3) is 0 Å². The van der Waals surface area contributed by atoms with Crippen LogP contribution in [-0.2, 0) is 13.0 Å². The maximum Gasteiger partial charge on any atom is 0.123 e. The Morgan fingerprint density at radius 2 is 1.48 bits per heavy atom. The molecule has 0 aromatic heterocycles. The fourth-order valence-electron chi connectivity index (χ4n) is 3.30. The lowest BCUT2D eigenvalue weighted by molar-refractivity contribution is 0.204. The van der Waals surface area contributed by atoms with Crippen molar-refractivity contribution in [2.24, 2.45) is 0 Å². The van der Waals surface area contributed by atoms with E-state index in [0.717, 1.165) is 26.1 Å². The summed E-state index contributed by atoms with van der Waals surface area (Å²) in [6.07, 6.45) is 3.54. The number of likely N-dealkylation sites (tertiary alicyclic amines) is 1. The van der Waals surface area contributed by atoms with E-state index in [0.29, 0.717) is 5.92 Å². The van der Waals surface area contributed by atoms with Gasteiger partial charge in [0.05, 0.1) is 0 Å². The standard InChI is InChI=1S/C20H24FN.ClH/c1-2-16-3-7-18(8-4-16)19-11-13-22(14-12-19)15-17-5-9-20(21)10-6-17;/h3-10,19H,2,11-15H2,1H3;1H. The van der Waals surface area contributed by atoms with Crippen molar-refractivity contribution >= 4 is 12.4 Å². The number of rotatable bonds is 4. The molecule has 0 unspecified atom stereocenters. The Morgan fingerprint density at radius 3 is 2.04 bits per heavy atom. The van der Waals surface area contributed by atoms with Crippen LogP contribution in [0.1, 0.15) is 42.4 Å². The average molecular weight is 334 g/mol. The number of benzene rings is 2. The largest absolute Gasteiger partial charge is 0.299 e. The van der Waals surface area contributed by atoms with Gasteiger partial charge in [0.1, 0.15) is 5.82 Å². The maximum atomic E-state index is 12.9. The molecule has 3 heteroatoms. The second-order valence-electron chi connectivity index (χ2n) is 6.27. The van der Waals surface area contributed by atoms with Gasteiger partial charge < -0.3 is 0 Å². The van der Waals surface area contributed by atoms with E-state index in [1.165, 1.54) is 29.5 Å². The summed E-state index contributed by atoms with van der Waals surface area (Å²) in [4.78, 5) is 2.48. The highest BCUT2D eigenvalue weighted by molar-refractivity contribution is 5.85. The molecule has 1 fully saturated rings. The number of nitrogens with zero attached hydrogens (tertiary/aromatic N) is 1. The van der Waals surface area contributed by atoms with Gasteiger partial charge in [-0.1, -0.05) is 43.3 Å². The minimum atomic E-state index is -0.155. The van der Waals surface area contributed by atoms with Crippen LogP contribution < -0.4 is 0 Å². The molecule has 2 aromatic carbocycles. The van der Waals surface area contributed by atoms with Crippen LogP contribution in [0.3, 0.4) is 0 Å². The minimum absolute atomic E-state index is 0. The van der Waals surface area contributed by atoms with E-state index in [1.807, 2.05) is 12.1 Å². The average Bonchev–Trinajstić information content (AvgIpc) is 2.58. The zero-order valence-electron chi connectivity index (χ0n) is 13.7. The Labute approximate surface area is 144 Å². The Kier molecular flexibility index (Phi) is 6.61. The van der Waals surface area contributed by atoms with Crippen molar-refractivity contribution < 1.29 is 4.39 Å². The van der Waals surface area contributed by atoms with Gasteiger partial charge in [-0.2, -0.15) is 0 Å². The van der Waals surface area contributed by atoms with Gasteiger partial charge in [0, 0.05) is 6.54 Å². The summed E-state index contributed by atoms with van der Waals surface area (Å²) < 4.78 is 12.9. The molecule has 124 valence electrons. The molecule has 1 heterocycles. The van der Waals surface area contributed by atoms with Crippen LogP contribution in [0.25, 0.3) is 0 Å². The fourth-order valence-corrected chi connectivity index (χ4v) is 3.30. The number of hydrogen-bond acceptors (Lipinski definition) is 1. The van der Waals surface area contributed by atoms with Crippen molar-refractivity contribution in [1.82, 2.24) is 4.90 Å². The fraction of sp³-hybridized carbons (Fsp3) is 0.400. The smallest absolute Gasteiger partial charge is 0.123 e. The highest BCUT2D eigenvalue weighted by Crippen LogP contribution is 2.28. The van der Waals surface area contributed by atoms with E-state index in [4.69, 9.17) is 0 Å². The molecule has 1 nitrogen and oxygen atoms in total. The van der Waals surface area contributed by atoms with Crippen LogP contribution in [-0.4, -0.2) is 18.0 Å². The lowest BCUT2D eigenvalue weighted by atomic mass is 9.88. The molecule has 23 heavy (non-hydrogen) atoms. The Morgan fingerprint density at radius 1 is 0.913 bits per heavy atom. The van der Waals surface area contributed by atoms with Crippen LogP contribution in [0, 0.1) is 5.82 Å². The van der Waals surface area contributed by atoms with E-state index in [9.17, 15) is 4.39 Å². The molecule has 0 spiro atoms. The third kappa shape index (κ3) is 4.79. The number of hydrogen-bond donors (Lipinski definition) is 0. The van der Waals surface area contributed by atoms with Crippen LogP contribution >= 0.6 is 12.4 Å². The quantitative estimate of drug-likeness (QED) is 0.744. The van der Waals surface area contributed by atoms with Crippen molar-refractivity contribution in [3.05, 3.63) is 71.0 Å². The number of halogens is 2. The van der Waals surface area contributed by atoms with Crippen LogP contribution in [0.2, 0.25) is 0 Å². The van der Waals surface area contributed by atoms with Crippen molar-refractivity contribution in [3.63, 3.8) is 0 Å². The van der Waals surface area contributed by atoms with Gasteiger partial charge in [0.2, 0.25) is 0 Å². The third-order valence-electron chi connectivity index (χ3n) is 4.77. The number of piperidine rings is 1. The van der Waals surface area contributed by atoms with Crippen LogP contribution in [0.15, 0.2) is 48.5 Å². The molecule has 3 rings (SSSR count). The van der Waals surface area contributed by atoms with Gasteiger partial charge in [-0.25, -0.2) is 4.39 Å². The summed E-state index contributed by atoms with van der Waals surface area (Å²) in [6, 6.07) is 16.0. The van der Waals surface area contributed by atoms with Gasteiger partial charge in [-0.15, -0.1) is 12.4 Å². The molecule has 0 atom stereocenters. The van der Waals surface area contributed by atoms with E-state index in [2.05, 4.69) is 36.1 Å². The minimum Gasteiger partial charge on any atom is -0.299 e. The summed E-state index contributed by atoms with van der Waals surface area (Å²) in [5, 5.41) is 0. The van der Waals surface area contributed by atoms with Crippen molar-refractivity contribution in [2.75, 3.05) is 13.1 Å². The maximum absolute atomic E-state index is 12.9. The first-order valence-electron chi connectivity index (χ1n) is 8.30. The van der Waals surface area contributed by atoms with Gasteiger partial charge >= 0.3 is 0 Å². The van der Waals surface area contributed by atoms with E-state index in [-0.39, 0.29) is 18.2 Å². The molecule has 0 N–H and O–H groups in total. The van der Waals surface area contributed by atoms with Gasteiger partial charge in [0.15, 0.2) is 0 Å². The molecular formula is C20H25ClFN. The second-order valence-corrected chi connectivity index (χ2v) is 6.27. The van der Waals surface area contributed by atoms with Gasteiger partial charge in [-0.3, -0.25) is 4.90 Å². The first-order valence-corrected chi connectivity index (χ1v) is 8.30. The first-order chi connectivity index (χ1) is 10.7. The molecule has 0 bridgehead atoms. The monoisotopic (exact) mass is 333 g/mol. The highest BCUT2D eigenvalue weighted by atomic mass is 35.5.